The topological polar surface area (TPSA) is 306 Å². The number of carbonyl (C=O) groups is 6. The highest BCUT2D eigenvalue weighted by molar-refractivity contribution is 8.07. The Balaban J connectivity index is 1.32. The number of H-pyrrole nitrogens is 1. The van der Waals surface area contributed by atoms with E-state index < -0.39 is 116 Å². The fraction of sp³-hybridized carbons (Fsp3) is 0.600. The van der Waals surface area contributed by atoms with Crippen molar-refractivity contribution in [1.82, 2.24) is 25.5 Å². The van der Waals surface area contributed by atoms with Crippen molar-refractivity contribution in [3.63, 3.8) is 0 Å². The molecule has 2 aliphatic rings. The minimum absolute atomic E-state index is 0.0350. The fourth-order valence-electron chi connectivity index (χ4n) is 7.05. The van der Waals surface area contributed by atoms with Crippen molar-refractivity contribution >= 4 is 54.5 Å². The van der Waals surface area contributed by atoms with Gasteiger partial charge in [0.1, 0.15) is 50.4 Å². The Labute approximate surface area is 383 Å². The summed E-state index contributed by atoms with van der Waals surface area (Å²) in [4.78, 5) is 111. The van der Waals surface area contributed by atoms with Crippen molar-refractivity contribution in [2.45, 2.75) is 109 Å². The lowest BCUT2D eigenvalue weighted by Crippen LogP contribution is -2.66. The maximum Gasteiger partial charge on any atom is 0.508 e. The molecule has 4 rings (SSSR count). The van der Waals surface area contributed by atoms with Gasteiger partial charge < -0.3 is 67.8 Å². The Morgan fingerprint density at radius 2 is 1.47 bits per heavy atom. The molecule has 66 heavy (non-hydrogen) atoms. The molecule has 2 aliphatic heterocycles. The molecule has 3 amide bonds. The third-order valence-electron chi connectivity index (χ3n) is 9.85. The summed E-state index contributed by atoms with van der Waals surface area (Å²) in [7, 11) is 1.15. The van der Waals surface area contributed by atoms with E-state index in [1.165, 1.54) is 20.0 Å². The van der Waals surface area contributed by atoms with Gasteiger partial charge in [-0.2, -0.15) is 0 Å². The first-order valence-corrected chi connectivity index (χ1v) is 23.4. The standard InChI is InChI=1S/C40H56N5O19PS/c1-23(46)43-32-35(61-26(4)49)34(60-25(3)48)30(21-57-24(2)47)63-37(32)56-19-10-9-16-41-38(51)42-17-11-14-28-33(64-65(54,66)55-5)29(62-36(28)45-18-15-31(50)44-39(45)52)22-59-40(53)58-20-27-12-7-6-8-13-27/h6-8,12-13,15,18,28-30,32-37H,9-11,14,16-17,19-22H2,1-5H3,(H,43,46)(H,54,66)(H2,41,42,51)(H,44,50,52)/t28-,29+,30+,32+,33?,34-,35+,36+,37+,65?/m0/s1. The monoisotopic (exact) mass is 973 g/mol. The van der Waals surface area contributed by atoms with Gasteiger partial charge in [0.15, 0.2) is 18.5 Å². The summed E-state index contributed by atoms with van der Waals surface area (Å²) in [6.45, 7) is 0.230. The molecule has 10 atom stereocenters. The lowest BCUT2D eigenvalue weighted by Gasteiger charge is -2.44. The molecule has 1 aromatic carbocycles. The number of hydrogen-bond acceptors (Lipinski definition) is 19. The van der Waals surface area contributed by atoms with Crippen molar-refractivity contribution in [3.8, 4) is 0 Å². The van der Waals surface area contributed by atoms with E-state index in [2.05, 4.69) is 20.9 Å². The van der Waals surface area contributed by atoms with Gasteiger partial charge in [-0.05, 0) is 43.1 Å². The Hall–Kier alpha value is -5.27. The van der Waals surface area contributed by atoms with Crippen LogP contribution >= 0.6 is 6.72 Å². The Bertz CT molecular complexity index is 2130. The van der Waals surface area contributed by atoms with Gasteiger partial charge in [-0.1, -0.05) is 30.3 Å². The number of benzene rings is 1. The average molecular weight is 974 g/mol. The van der Waals surface area contributed by atoms with Crippen molar-refractivity contribution in [3.05, 3.63) is 69.0 Å². The lowest BCUT2D eigenvalue weighted by atomic mass is 9.94. The predicted octanol–water partition coefficient (Wildman–Crippen LogP) is 1.18. The van der Waals surface area contributed by atoms with Gasteiger partial charge in [-0.15, -0.1) is 0 Å². The van der Waals surface area contributed by atoms with E-state index in [1.807, 2.05) is 6.07 Å². The summed E-state index contributed by atoms with van der Waals surface area (Å²) in [5.41, 5.74) is -0.745. The Kier molecular flexibility index (Phi) is 21.2. The zero-order chi connectivity index (χ0) is 48.4. The van der Waals surface area contributed by atoms with Crippen LogP contribution in [-0.4, -0.2) is 133 Å². The number of nitrogens with one attached hydrogen (secondary N) is 4. The molecular formula is C40H56N5O19PS. The minimum Gasteiger partial charge on any atom is -0.463 e. The quantitative estimate of drug-likeness (QED) is 0.0452. The summed E-state index contributed by atoms with van der Waals surface area (Å²) in [6.07, 6.45) is -6.79. The summed E-state index contributed by atoms with van der Waals surface area (Å²) >= 11 is 5.14. The number of esters is 3. The van der Waals surface area contributed by atoms with Crippen molar-refractivity contribution in [2.24, 2.45) is 5.92 Å². The van der Waals surface area contributed by atoms with Crippen LogP contribution in [-0.2, 0) is 84.5 Å². The third-order valence-corrected chi connectivity index (χ3v) is 11.5. The van der Waals surface area contributed by atoms with Crippen molar-refractivity contribution in [2.75, 3.05) is 40.0 Å². The van der Waals surface area contributed by atoms with E-state index in [9.17, 15) is 43.2 Å². The largest absolute Gasteiger partial charge is 0.508 e. The van der Waals surface area contributed by atoms with Crippen LogP contribution in [0.1, 0.15) is 65.2 Å². The van der Waals surface area contributed by atoms with Crippen LogP contribution in [0.2, 0.25) is 0 Å². The van der Waals surface area contributed by atoms with Crippen LogP contribution < -0.4 is 27.2 Å². The van der Waals surface area contributed by atoms with E-state index in [4.69, 9.17) is 58.7 Å². The lowest BCUT2D eigenvalue weighted by molar-refractivity contribution is -0.277. The second-order valence-electron chi connectivity index (χ2n) is 14.9. The number of ether oxygens (including phenoxy) is 8. The summed E-state index contributed by atoms with van der Waals surface area (Å²) in [6, 6.07) is 8.35. The molecule has 0 aliphatic carbocycles. The number of aromatic nitrogens is 2. The van der Waals surface area contributed by atoms with Crippen LogP contribution in [0.5, 0.6) is 0 Å². The number of hydrogen-bond donors (Lipinski definition) is 5. The van der Waals surface area contributed by atoms with Crippen LogP contribution in [0.4, 0.5) is 9.59 Å². The molecule has 0 saturated carbocycles. The van der Waals surface area contributed by atoms with Crippen LogP contribution in [0.3, 0.4) is 0 Å². The highest BCUT2D eigenvalue weighted by Gasteiger charge is 2.52. The molecule has 0 spiro atoms. The number of nitrogens with zero attached hydrogens (tertiary/aromatic N) is 1. The third kappa shape index (κ3) is 17.2. The number of aromatic amines is 1. The number of rotatable bonds is 23. The Morgan fingerprint density at radius 1 is 0.818 bits per heavy atom. The molecule has 24 nitrogen and oxygen atoms in total. The zero-order valence-corrected chi connectivity index (χ0v) is 38.6. The Morgan fingerprint density at radius 3 is 2.11 bits per heavy atom. The van der Waals surface area contributed by atoms with Gasteiger partial charge in [-0.3, -0.25) is 33.5 Å². The summed E-state index contributed by atoms with van der Waals surface area (Å²) in [5.74, 6) is -3.44. The number of amides is 3. The van der Waals surface area contributed by atoms with Crippen molar-refractivity contribution in [1.29, 1.82) is 0 Å². The van der Waals surface area contributed by atoms with E-state index in [0.717, 1.165) is 31.6 Å². The molecule has 1 aromatic heterocycles. The number of urea groups is 1. The molecule has 26 heteroatoms. The van der Waals surface area contributed by atoms with E-state index >= 15 is 0 Å². The smallest absolute Gasteiger partial charge is 0.463 e. The minimum atomic E-state index is -3.88. The predicted molar refractivity (Wildman–Crippen MR) is 230 cm³/mol. The molecule has 366 valence electrons. The highest BCUT2D eigenvalue weighted by Crippen LogP contribution is 2.50. The van der Waals surface area contributed by atoms with Crippen LogP contribution in [0.15, 0.2) is 52.2 Å². The number of unbranched alkanes of at least 4 members (excludes halogenated alkanes) is 1. The molecule has 2 fully saturated rings. The van der Waals surface area contributed by atoms with E-state index in [-0.39, 0.29) is 45.8 Å². The first-order chi connectivity index (χ1) is 31.4. The van der Waals surface area contributed by atoms with E-state index in [1.54, 1.807) is 24.3 Å². The SMILES string of the molecule is COP(O)(=S)OC1[C@@H](COC(=O)OCc2ccccc2)O[C@@H](n2ccc(=O)[nH]c2=O)[C@H]1CCCNC(=O)NCCCCO[C@@H]1O[C@H](COC(C)=O)[C@H](OC(C)=O)[C@H](OC(C)=O)[C@H]1NC(C)=O. The molecule has 2 aromatic rings. The molecule has 2 unspecified atom stereocenters. The molecule has 5 N–H and O–H groups in total. The molecule has 3 heterocycles. The summed E-state index contributed by atoms with van der Waals surface area (Å²) in [5, 5.41) is 8.08. The normalized spacial score (nSPS) is 24.5. The van der Waals surface area contributed by atoms with Crippen LogP contribution in [0, 0.1) is 5.92 Å². The average Bonchev–Trinajstić information content (AvgIpc) is 3.58. The maximum atomic E-state index is 12.9. The number of carbonyl (C=O) groups excluding carboxylic acids is 6. The molecule has 0 bridgehead atoms. The molecule has 2 saturated heterocycles. The zero-order valence-electron chi connectivity index (χ0n) is 36.9. The molecular weight excluding hydrogens is 917 g/mol. The van der Waals surface area contributed by atoms with Crippen molar-refractivity contribution < 1.29 is 80.6 Å². The van der Waals surface area contributed by atoms with Gasteiger partial charge in [0.25, 0.3) is 5.56 Å². The second kappa shape index (κ2) is 26.2. The first-order valence-electron chi connectivity index (χ1n) is 20.8. The van der Waals surface area contributed by atoms with Gasteiger partial charge in [0.05, 0.1) is 0 Å². The van der Waals surface area contributed by atoms with Gasteiger partial charge in [0, 0.05) is 72.7 Å². The maximum absolute atomic E-state index is 12.9. The molecule has 0 radical (unpaired) electrons. The summed E-state index contributed by atoms with van der Waals surface area (Å²) < 4.78 is 56.6. The van der Waals surface area contributed by atoms with Gasteiger partial charge in [0.2, 0.25) is 5.91 Å². The van der Waals surface area contributed by atoms with Gasteiger partial charge >= 0.3 is 42.5 Å². The first kappa shape index (κ1) is 53.3. The van der Waals surface area contributed by atoms with Gasteiger partial charge in [-0.25, -0.2) is 14.4 Å². The second-order valence-corrected chi connectivity index (χ2v) is 17.8. The fourth-order valence-corrected chi connectivity index (χ4v) is 8.03. The van der Waals surface area contributed by atoms with E-state index in [0.29, 0.717) is 18.4 Å². The highest BCUT2D eigenvalue weighted by atomic mass is 32.5. The van der Waals surface area contributed by atoms with Crippen LogP contribution in [0.25, 0.3) is 0 Å².